The minimum atomic E-state index is -3.70. The van der Waals surface area contributed by atoms with Crippen molar-refractivity contribution in [1.82, 2.24) is 25.0 Å². The van der Waals surface area contributed by atoms with Gasteiger partial charge < -0.3 is 15.0 Å². The molecule has 1 fully saturated rings. The van der Waals surface area contributed by atoms with E-state index in [0.717, 1.165) is 23.6 Å². The highest BCUT2D eigenvalue weighted by Gasteiger charge is 2.36. The van der Waals surface area contributed by atoms with E-state index in [4.69, 9.17) is 4.74 Å². The lowest BCUT2D eigenvalue weighted by molar-refractivity contribution is 0.0811. The Balaban J connectivity index is 1.47. The van der Waals surface area contributed by atoms with Gasteiger partial charge in [-0.15, -0.1) is 11.3 Å². The van der Waals surface area contributed by atoms with Gasteiger partial charge in [0.15, 0.2) is 10.8 Å². The monoisotopic (exact) mass is 493 g/mol. The number of hydrogen-bond donors (Lipinski definition) is 1. The van der Waals surface area contributed by atoms with Crippen molar-refractivity contribution in [3.63, 3.8) is 0 Å². The van der Waals surface area contributed by atoms with E-state index in [2.05, 4.69) is 24.7 Å². The number of halogens is 1. The SMILES string of the molecule is CCOc1cncc(-c2cnc(C(=O)N([O-])Cc3nccc(NS(=O)(=O)C4CC4)c3F)s2)n1. The predicted molar refractivity (Wildman–Crippen MR) is 117 cm³/mol. The molecule has 174 valence electrons. The van der Waals surface area contributed by atoms with Gasteiger partial charge in [-0.1, -0.05) is 0 Å². The van der Waals surface area contributed by atoms with Crippen molar-refractivity contribution in [2.24, 2.45) is 0 Å². The number of amides is 1. The van der Waals surface area contributed by atoms with Crippen LogP contribution >= 0.6 is 11.3 Å². The van der Waals surface area contributed by atoms with Gasteiger partial charge in [0.2, 0.25) is 15.9 Å². The van der Waals surface area contributed by atoms with E-state index in [9.17, 15) is 22.8 Å². The summed E-state index contributed by atoms with van der Waals surface area (Å²) >= 11 is 0.919. The third kappa shape index (κ3) is 5.23. The molecule has 0 radical (unpaired) electrons. The highest BCUT2D eigenvalue weighted by Crippen LogP contribution is 2.31. The number of nitrogens with one attached hydrogen (secondary N) is 1. The van der Waals surface area contributed by atoms with Crippen molar-refractivity contribution in [2.45, 2.75) is 31.6 Å². The van der Waals surface area contributed by atoms with E-state index in [1.165, 1.54) is 18.6 Å². The molecule has 11 nitrogen and oxygen atoms in total. The van der Waals surface area contributed by atoms with Crippen molar-refractivity contribution in [2.75, 3.05) is 11.3 Å². The number of pyridine rings is 1. The fourth-order valence-electron chi connectivity index (χ4n) is 2.78. The van der Waals surface area contributed by atoms with Crippen LogP contribution < -0.4 is 9.46 Å². The van der Waals surface area contributed by atoms with Crippen LogP contribution in [0.2, 0.25) is 0 Å². The average molecular weight is 494 g/mol. The number of sulfonamides is 1. The summed E-state index contributed by atoms with van der Waals surface area (Å²) < 4.78 is 46.3. The molecule has 0 atom stereocenters. The number of rotatable bonds is 9. The minimum Gasteiger partial charge on any atom is -0.756 e. The van der Waals surface area contributed by atoms with Crippen LogP contribution in [-0.4, -0.2) is 51.2 Å². The molecule has 3 aromatic rings. The largest absolute Gasteiger partial charge is 0.756 e. The van der Waals surface area contributed by atoms with Gasteiger partial charge in [-0.25, -0.2) is 22.8 Å². The van der Waals surface area contributed by atoms with E-state index in [0.29, 0.717) is 35.9 Å². The average Bonchev–Trinajstić information content (AvgIpc) is 3.55. The number of nitrogens with zero attached hydrogens (tertiary/aromatic N) is 5. The fourth-order valence-corrected chi connectivity index (χ4v) is 4.98. The van der Waals surface area contributed by atoms with Crippen LogP contribution in [0.15, 0.2) is 30.9 Å². The molecule has 14 heteroatoms. The van der Waals surface area contributed by atoms with Gasteiger partial charge >= 0.3 is 0 Å². The Morgan fingerprint density at radius 1 is 1.33 bits per heavy atom. The second kappa shape index (κ2) is 9.33. The van der Waals surface area contributed by atoms with E-state index >= 15 is 0 Å². The third-order valence-electron chi connectivity index (χ3n) is 4.54. The summed E-state index contributed by atoms with van der Waals surface area (Å²) in [7, 11) is -3.70. The number of ether oxygens (including phenoxy) is 1. The standard InChI is InChI=1S/C19H18FN6O5S2/c1-2-31-16-9-21-7-13(24-16)15-8-23-18(32-15)19(27)26(28)10-14-17(20)12(5-6-22-14)25-33(29,30)11-3-4-11/h5-9,11H,2-4,10H2,1H3,(H,22,25)/q-1. The zero-order chi connectivity index (χ0) is 23.6. The lowest BCUT2D eigenvalue weighted by Crippen LogP contribution is -2.26. The molecule has 3 heterocycles. The maximum absolute atomic E-state index is 14.7. The smallest absolute Gasteiger partial charge is 0.272 e. The second-order valence-electron chi connectivity index (χ2n) is 7.01. The maximum atomic E-state index is 14.7. The Labute approximate surface area is 192 Å². The van der Waals surface area contributed by atoms with Crippen molar-refractivity contribution < 1.29 is 22.3 Å². The highest BCUT2D eigenvalue weighted by atomic mass is 32.2. The molecule has 1 amide bonds. The molecule has 0 aliphatic heterocycles. The molecule has 0 bridgehead atoms. The molecule has 0 saturated heterocycles. The summed E-state index contributed by atoms with van der Waals surface area (Å²) in [6, 6.07) is 1.15. The van der Waals surface area contributed by atoms with Crippen LogP contribution in [0.5, 0.6) is 5.88 Å². The number of hydrogen-bond acceptors (Lipinski definition) is 10. The first kappa shape index (κ1) is 22.9. The number of thiazole rings is 1. The first-order valence-electron chi connectivity index (χ1n) is 9.83. The lowest BCUT2D eigenvalue weighted by Gasteiger charge is -2.26. The fraction of sp³-hybridized carbons (Fsp3) is 0.316. The topological polar surface area (TPSA) is 150 Å². The Kier molecular flexibility index (Phi) is 6.49. The molecule has 1 aliphatic rings. The Bertz CT molecular complexity index is 1280. The van der Waals surface area contributed by atoms with Crippen molar-refractivity contribution in [1.29, 1.82) is 0 Å². The van der Waals surface area contributed by atoms with Crippen molar-refractivity contribution >= 4 is 33.0 Å². The van der Waals surface area contributed by atoms with Crippen LogP contribution in [0, 0.1) is 11.0 Å². The van der Waals surface area contributed by atoms with Crippen molar-refractivity contribution in [3.8, 4) is 16.5 Å². The predicted octanol–water partition coefficient (Wildman–Crippen LogP) is 2.58. The van der Waals surface area contributed by atoms with Crippen LogP contribution in [0.1, 0.15) is 35.3 Å². The van der Waals surface area contributed by atoms with Gasteiger partial charge in [0, 0.05) is 12.4 Å². The zero-order valence-corrected chi connectivity index (χ0v) is 18.9. The summed E-state index contributed by atoms with van der Waals surface area (Å²) in [5.74, 6) is -1.70. The van der Waals surface area contributed by atoms with Gasteiger partial charge in [-0.2, -0.15) is 0 Å². The molecule has 4 rings (SSSR count). The molecule has 1 aliphatic carbocycles. The van der Waals surface area contributed by atoms with Gasteiger partial charge in [-0.3, -0.25) is 19.5 Å². The Morgan fingerprint density at radius 3 is 2.85 bits per heavy atom. The molecule has 0 aromatic carbocycles. The Hall–Kier alpha value is -3.23. The van der Waals surface area contributed by atoms with Crippen LogP contribution in [0.25, 0.3) is 10.6 Å². The molecular weight excluding hydrogens is 475 g/mol. The number of aromatic nitrogens is 4. The van der Waals surface area contributed by atoms with Crippen LogP contribution in [0.3, 0.4) is 0 Å². The summed E-state index contributed by atoms with van der Waals surface area (Å²) in [5, 5.41) is 11.7. The van der Waals surface area contributed by atoms with Crippen LogP contribution in [0.4, 0.5) is 10.1 Å². The van der Waals surface area contributed by atoms with Gasteiger partial charge in [0.05, 0.1) is 47.1 Å². The van der Waals surface area contributed by atoms with E-state index in [1.54, 1.807) is 6.92 Å². The normalized spacial score (nSPS) is 13.5. The van der Waals surface area contributed by atoms with Gasteiger partial charge in [-0.05, 0) is 25.8 Å². The maximum Gasteiger partial charge on any atom is 0.272 e. The number of carbonyl (C=O) groups excluding carboxylic acids is 1. The summed E-state index contributed by atoms with van der Waals surface area (Å²) in [4.78, 5) is 29.0. The second-order valence-corrected chi connectivity index (χ2v) is 10.0. The molecule has 3 aromatic heterocycles. The van der Waals surface area contributed by atoms with E-state index in [1.807, 2.05) is 0 Å². The third-order valence-corrected chi connectivity index (χ3v) is 7.40. The van der Waals surface area contributed by atoms with Crippen molar-refractivity contribution in [3.05, 3.63) is 52.6 Å². The first-order valence-corrected chi connectivity index (χ1v) is 12.2. The molecule has 1 N–H and O–H groups in total. The summed E-state index contributed by atoms with van der Waals surface area (Å²) in [5.41, 5.74) is -0.281. The molecule has 0 unspecified atom stereocenters. The molecule has 1 saturated carbocycles. The van der Waals surface area contributed by atoms with E-state index in [-0.39, 0.29) is 21.5 Å². The lowest BCUT2D eigenvalue weighted by atomic mass is 10.3. The highest BCUT2D eigenvalue weighted by molar-refractivity contribution is 7.93. The summed E-state index contributed by atoms with van der Waals surface area (Å²) in [6.07, 6.45) is 6.46. The quantitative estimate of drug-likeness (QED) is 0.444. The Morgan fingerprint density at radius 2 is 2.12 bits per heavy atom. The van der Waals surface area contributed by atoms with Gasteiger partial charge in [0.1, 0.15) is 5.69 Å². The van der Waals surface area contributed by atoms with Gasteiger partial charge in [0.25, 0.3) is 5.91 Å². The zero-order valence-electron chi connectivity index (χ0n) is 17.3. The molecule has 33 heavy (non-hydrogen) atoms. The minimum absolute atomic E-state index is 0.00942. The number of anilines is 1. The van der Waals surface area contributed by atoms with Crippen LogP contribution in [-0.2, 0) is 16.6 Å². The number of carbonyl (C=O) groups is 1. The van der Waals surface area contributed by atoms with E-state index < -0.39 is 33.5 Å². The summed E-state index contributed by atoms with van der Waals surface area (Å²) in [6.45, 7) is 1.48. The molecule has 0 spiro atoms. The molecular formula is C19H18FN6O5S2-. The first-order chi connectivity index (χ1) is 15.8. The number of hydroxylamine groups is 2.